The van der Waals surface area contributed by atoms with Gasteiger partial charge in [-0.25, -0.2) is 13.9 Å². The molecule has 0 atom stereocenters. The van der Waals surface area contributed by atoms with Crippen LogP contribution in [0.3, 0.4) is 0 Å². The number of carbonyl (C=O) groups is 1. The first-order valence-electron chi connectivity index (χ1n) is 6.68. The molecule has 1 N–H and O–H groups in total. The molecule has 0 unspecified atom stereocenters. The van der Waals surface area contributed by atoms with Gasteiger partial charge in [-0.15, -0.1) is 5.10 Å². The van der Waals surface area contributed by atoms with Gasteiger partial charge in [0.05, 0.1) is 6.54 Å². The van der Waals surface area contributed by atoms with Crippen LogP contribution in [-0.2, 0) is 23.1 Å². The molecular formula is C14H17FN4O3. The third kappa shape index (κ3) is 3.59. The minimum atomic E-state index is -0.353. The van der Waals surface area contributed by atoms with Gasteiger partial charge in [0.15, 0.2) is 5.82 Å². The van der Waals surface area contributed by atoms with Crippen molar-refractivity contribution in [2.45, 2.75) is 6.54 Å². The lowest BCUT2D eigenvalue weighted by Gasteiger charge is -2.03. The molecule has 1 amide bonds. The summed E-state index contributed by atoms with van der Waals surface area (Å²) in [5.41, 5.74) is 0.337. The van der Waals surface area contributed by atoms with Crippen LogP contribution in [0, 0.1) is 5.82 Å². The minimum absolute atomic E-state index is 0.0298. The Labute approximate surface area is 126 Å². The van der Waals surface area contributed by atoms with Crippen LogP contribution in [0.4, 0.5) is 4.39 Å². The summed E-state index contributed by atoms with van der Waals surface area (Å²) in [5, 5.41) is 6.83. The van der Waals surface area contributed by atoms with Crippen LogP contribution < -0.4 is 11.0 Å². The Balaban J connectivity index is 2.11. The highest BCUT2D eigenvalue weighted by molar-refractivity contribution is 5.77. The number of aromatic nitrogens is 3. The van der Waals surface area contributed by atoms with E-state index in [1.165, 1.54) is 28.5 Å². The first-order valence-corrected chi connectivity index (χ1v) is 6.68. The van der Waals surface area contributed by atoms with Crippen molar-refractivity contribution in [3.05, 3.63) is 40.6 Å². The van der Waals surface area contributed by atoms with Crippen molar-refractivity contribution in [2.75, 3.05) is 20.3 Å². The topological polar surface area (TPSA) is 78.2 Å². The first-order chi connectivity index (χ1) is 10.5. The summed E-state index contributed by atoms with van der Waals surface area (Å²) in [5.74, 6) is -0.174. The van der Waals surface area contributed by atoms with Gasteiger partial charge in [0.25, 0.3) is 0 Å². The van der Waals surface area contributed by atoms with E-state index in [0.29, 0.717) is 11.4 Å². The summed E-state index contributed by atoms with van der Waals surface area (Å²) in [6, 6.07) is 5.73. The number of hydrogen-bond acceptors (Lipinski definition) is 4. The third-order valence-electron chi connectivity index (χ3n) is 3.06. The molecule has 8 heteroatoms. The van der Waals surface area contributed by atoms with E-state index in [-0.39, 0.29) is 37.1 Å². The number of amides is 1. The van der Waals surface area contributed by atoms with Crippen LogP contribution in [0.15, 0.2) is 29.1 Å². The zero-order chi connectivity index (χ0) is 16.1. The van der Waals surface area contributed by atoms with Gasteiger partial charge < -0.3 is 10.1 Å². The molecule has 0 saturated carbocycles. The largest absolute Gasteiger partial charge is 0.375 e. The molecule has 1 aromatic heterocycles. The van der Waals surface area contributed by atoms with Crippen molar-refractivity contribution in [1.29, 1.82) is 0 Å². The Morgan fingerprint density at radius 3 is 2.68 bits per heavy atom. The van der Waals surface area contributed by atoms with E-state index >= 15 is 0 Å². The molecular weight excluding hydrogens is 291 g/mol. The van der Waals surface area contributed by atoms with Gasteiger partial charge in [0, 0.05) is 26.3 Å². The summed E-state index contributed by atoms with van der Waals surface area (Å²) < 4.78 is 20.3. The standard InChI is InChI=1S/C14H17FN4O3/c1-18-13(10-3-5-11(15)6-4-10)17-19(14(18)21)8-7-16-12(20)9-22-2/h3-6H,7-9H2,1-2H3,(H,16,20). The average Bonchev–Trinajstić information content (AvgIpc) is 2.77. The second-order valence-corrected chi connectivity index (χ2v) is 4.68. The lowest BCUT2D eigenvalue weighted by atomic mass is 10.2. The molecule has 0 aliphatic rings. The predicted molar refractivity (Wildman–Crippen MR) is 77.7 cm³/mol. The number of benzene rings is 1. The van der Waals surface area contributed by atoms with Gasteiger partial charge in [-0.1, -0.05) is 0 Å². The monoisotopic (exact) mass is 308 g/mol. The van der Waals surface area contributed by atoms with Gasteiger partial charge in [-0.2, -0.15) is 0 Å². The molecule has 1 heterocycles. The smallest absolute Gasteiger partial charge is 0.345 e. The summed E-state index contributed by atoms with van der Waals surface area (Å²) in [6.07, 6.45) is 0. The van der Waals surface area contributed by atoms with Gasteiger partial charge in [0.1, 0.15) is 12.4 Å². The molecule has 0 bridgehead atoms. The number of rotatable bonds is 6. The van der Waals surface area contributed by atoms with Crippen molar-refractivity contribution in [1.82, 2.24) is 19.7 Å². The Bertz CT molecular complexity index is 706. The highest BCUT2D eigenvalue weighted by atomic mass is 19.1. The lowest BCUT2D eigenvalue weighted by Crippen LogP contribution is -2.33. The fraction of sp³-hybridized carbons (Fsp3) is 0.357. The molecule has 2 rings (SSSR count). The average molecular weight is 308 g/mol. The fourth-order valence-corrected chi connectivity index (χ4v) is 1.97. The molecule has 0 spiro atoms. The molecule has 0 aliphatic heterocycles. The minimum Gasteiger partial charge on any atom is -0.375 e. The van der Waals surface area contributed by atoms with Gasteiger partial charge in [-0.05, 0) is 24.3 Å². The number of methoxy groups -OCH3 is 1. The molecule has 2 aromatic rings. The second kappa shape index (κ2) is 6.99. The maximum Gasteiger partial charge on any atom is 0.345 e. The predicted octanol–water partition coefficient (Wildman–Crippen LogP) is 0.150. The van der Waals surface area contributed by atoms with Crippen LogP contribution in [-0.4, -0.2) is 40.5 Å². The molecule has 7 nitrogen and oxygen atoms in total. The van der Waals surface area contributed by atoms with Crippen LogP contribution in [0.1, 0.15) is 0 Å². The number of nitrogens with zero attached hydrogens (tertiary/aromatic N) is 3. The summed E-state index contributed by atoms with van der Waals surface area (Å²) in [4.78, 5) is 23.3. The quantitative estimate of drug-likeness (QED) is 0.824. The third-order valence-corrected chi connectivity index (χ3v) is 3.06. The fourth-order valence-electron chi connectivity index (χ4n) is 1.97. The maximum absolute atomic E-state index is 12.9. The number of hydrogen-bond donors (Lipinski definition) is 1. The summed E-state index contributed by atoms with van der Waals surface area (Å²) in [6.45, 7) is 0.475. The maximum atomic E-state index is 12.9. The van der Waals surface area contributed by atoms with E-state index in [0.717, 1.165) is 0 Å². The number of ether oxygens (including phenoxy) is 1. The molecule has 0 radical (unpaired) electrons. The van der Waals surface area contributed by atoms with E-state index in [4.69, 9.17) is 0 Å². The Kier molecular flexibility index (Phi) is 5.05. The van der Waals surface area contributed by atoms with E-state index in [1.54, 1.807) is 19.2 Å². The molecule has 0 saturated heterocycles. The molecule has 22 heavy (non-hydrogen) atoms. The summed E-state index contributed by atoms with van der Waals surface area (Å²) >= 11 is 0. The number of nitrogens with one attached hydrogen (secondary N) is 1. The molecule has 1 aromatic carbocycles. The van der Waals surface area contributed by atoms with Gasteiger partial charge >= 0.3 is 5.69 Å². The van der Waals surface area contributed by atoms with E-state index in [9.17, 15) is 14.0 Å². The van der Waals surface area contributed by atoms with Crippen molar-refractivity contribution < 1.29 is 13.9 Å². The van der Waals surface area contributed by atoms with Crippen LogP contribution in [0.5, 0.6) is 0 Å². The zero-order valence-electron chi connectivity index (χ0n) is 12.4. The first kappa shape index (κ1) is 15.9. The Morgan fingerprint density at radius 2 is 2.05 bits per heavy atom. The van der Waals surface area contributed by atoms with Crippen LogP contribution in [0.2, 0.25) is 0 Å². The van der Waals surface area contributed by atoms with E-state index < -0.39 is 0 Å². The van der Waals surface area contributed by atoms with Gasteiger partial charge in [0.2, 0.25) is 5.91 Å². The van der Waals surface area contributed by atoms with Crippen molar-refractivity contribution in [2.24, 2.45) is 7.05 Å². The normalized spacial score (nSPS) is 10.7. The second-order valence-electron chi connectivity index (χ2n) is 4.68. The van der Waals surface area contributed by atoms with E-state index in [2.05, 4.69) is 15.2 Å². The van der Waals surface area contributed by atoms with Crippen molar-refractivity contribution in [3.8, 4) is 11.4 Å². The highest BCUT2D eigenvalue weighted by Crippen LogP contribution is 2.15. The Hall–Kier alpha value is -2.48. The summed E-state index contributed by atoms with van der Waals surface area (Å²) in [7, 11) is 3.02. The SMILES string of the molecule is COCC(=O)NCCn1nc(-c2ccc(F)cc2)n(C)c1=O. The van der Waals surface area contributed by atoms with Crippen LogP contribution in [0.25, 0.3) is 11.4 Å². The van der Waals surface area contributed by atoms with Crippen molar-refractivity contribution in [3.63, 3.8) is 0 Å². The molecule has 118 valence electrons. The molecule has 0 aliphatic carbocycles. The van der Waals surface area contributed by atoms with Gasteiger partial charge in [-0.3, -0.25) is 9.36 Å². The lowest BCUT2D eigenvalue weighted by molar-refractivity contribution is -0.124. The molecule has 0 fully saturated rings. The van der Waals surface area contributed by atoms with Crippen LogP contribution >= 0.6 is 0 Å². The number of carbonyl (C=O) groups excluding carboxylic acids is 1. The highest BCUT2D eigenvalue weighted by Gasteiger charge is 2.12. The number of halogens is 1. The zero-order valence-corrected chi connectivity index (χ0v) is 12.4. The van der Waals surface area contributed by atoms with Crippen molar-refractivity contribution >= 4 is 5.91 Å². The Morgan fingerprint density at radius 1 is 1.36 bits per heavy atom. The van der Waals surface area contributed by atoms with E-state index in [1.807, 2.05) is 0 Å².